The van der Waals surface area contributed by atoms with Crippen molar-refractivity contribution in [2.24, 2.45) is 5.73 Å². The molecule has 6 heteroatoms. The second-order valence-electron chi connectivity index (χ2n) is 4.51. The summed E-state index contributed by atoms with van der Waals surface area (Å²) in [5, 5.41) is 13.8. The van der Waals surface area contributed by atoms with Crippen molar-refractivity contribution in [3.05, 3.63) is 51.9 Å². The zero-order valence-electron chi connectivity index (χ0n) is 12.1. The van der Waals surface area contributed by atoms with Crippen LogP contribution in [0.4, 0.5) is 0 Å². The van der Waals surface area contributed by atoms with Crippen LogP contribution in [0.2, 0.25) is 0 Å². The van der Waals surface area contributed by atoms with Crippen LogP contribution in [0.1, 0.15) is 18.2 Å². The molecule has 0 atom stereocenters. The number of hydrogen-bond donors (Lipinski definition) is 3. The Kier molecular flexibility index (Phi) is 6.29. The highest BCUT2D eigenvalue weighted by atomic mass is 16.4. The quantitative estimate of drug-likeness (QED) is 0.790. The molecule has 1 heterocycles. The molecule has 0 aliphatic carbocycles. The van der Waals surface area contributed by atoms with Crippen LogP contribution in [0, 0.1) is 6.92 Å². The average Bonchev–Trinajstić information content (AvgIpc) is 2.42. The number of aromatic nitrogens is 2. The van der Waals surface area contributed by atoms with Gasteiger partial charge in [0.25, 0.3) is 11.5 Å². The molecule has 1 aromatic carbocycles. The second-order valence-corrected chi connectivity index (χ2v) is 4.51. The van der Waals surface area contributed by atoms with E-state index in [4.69, 9.17) is 15.6 Å². The van der Waals surface area contributed by atoms with Crippen molar-refractivity contribution in [3.8, 4) is 11.1 Å². The fourth-order valence-corrected chi connectivity index (χ4v) is 1.74. The first kappa shape index (κ1) is 16.6. The van der Waals surface area contributed by atoms with Crippen LogP contribution in [-0.2, 0) is 11.2 Å². The first-order chi connectivity index (χ1) is 9.93. The summed E-state index contributed by atoms with van der Waals surface area (Å²) in [5.41, 5.74) is 8.85. The third kappa shape index (κ3) is 5.58. The molecular formula is C15H19N3O3. The van der Waals surface area contributed by atoms with Crippen LogP contribution in [0.25, 0.3) is 11.1 Å². The van der Waals surface area contributed by atoms with Crippen LogP contribution in [0.15, 0.2) is 35.1 Å². The van der Waals surface area contributed by atoms with Crippen LogP contribution >= 0.6 is 0 Å². The van der Waals surface area contributed by atoms with Gasteiger partial charge in [0.05, 0.1) is 11.3 Å². The van der Waals surface area contributed by atoms with Crippen molar-refractivity contribution in [3.63, 3.8) is 0 Å². The molecule has 1 aromatic heterocycles. The maximum absolute atomic E-state index is 11.6. The molecule has 0 bridgehead atoms. The van der Waals surface area contributed by atoms with E-state index in [0.29, 0.717) is 12.1 Å². The molecule has 0 saturated heterocycles. The summed E-state index contributed by atoms with van der Waals surface area (Å²) in [7, 11) is 0. The summed E-state index contributed by atoms with van der Waals surface area (Å²) < 4.78 is 0. The van der Waals surface area contributed by atoms with Gasteiger partial charge >= 0.3 is 0 Å². The Labute approximate surface area is 122 Å². The zero-order valence-corrected chi connectivity index (χ0v) is 12.1. The smallest absolute Gasteiger partial charge is 0.300 e. The zero-order chi connectivity index (χ0) is 15.8. The van der Waals surface area contributed by atoms with Gasteiger partial charge in [-0.3, -0.25) is 9.59 Å². The Morgan fingerprint density at radius 2 is 1.90 bits per heavy atom. The number of carboxylic acid groups (broad SMARTS) is 1. The highest BCUT2D eigenvalue weighted by Crippen LogP contribution is 2.16. The standard InChI is InChI=1S/C13H15N3O.C2H4O2/c1-9-8-12(13(17)16-15-9)11-4-2-10(3-5-11)6-7-14;1-2(3)4/h2-5,8H,6-7,14H2,1H3,(H,16,17);1H3,(H,3,4). The predicted octanol–water partition coefficient (Wildman–Crippen LogP) is 1.34. The number of H-pyrrole nitrogens is 1. The molecule has 2 rings (SSSR count). The van der Waals surface area contributed by atoms with Gasteiger partial charge in [-0.05, 0) is 37.1 Å². The van der Waals surface area contributed by atoms with Gasteiger partial charge in [-0.15, -0.1) is 0 Å². The van der Waals surface area contributed by atoms with Gasteiger partial charge in [0, 0.05) is 6.92 Å². The molecular weight excluding hydrogens is 270 g/mol. The summed E-state index contributed by atoms with van der Waals surface area (Å²) in [4.78, 5) is 20.6. The van der Waals surface area contributed by atoms with Crippen LogP contribution < -0.4 is 11.3 Å². The first-order valence-corrected chi connectivity index (χ1v) is 6.49. The van der Waals surface area contributed by atoms with Gasteiger partial charge in [0.2, 0.25) is 0 Å². The lowest BCUT2D eigenvalue weighted by molar-refractivity contribution is -0.134. The highest BCUT2D eigenvalue weighted by Gasteiger charge is 2.04. The largest absolute Gasteiger partial charge is 0.481 e. The Hall–Kier alpha value is -2.47. The number of aliphatic carboxylic acids is 1. The Morgan fingerprint density at radius 1 is 1.33 bits per heavy atom. The lowest BCUT2D eigenvalue weighted by Crippen LogP contribution is -2.11. The van der Waals surface area contributed by atoms with E-state index in [1.807, 2.05) is 31.2 Å². The lowest BCUT2D eigenvalue weighted by Gasteiger charge is -2.03. The summed E-state index contributed by atoms with van der Waals surface area (Å²) >= 11 is 0. The van der Waals surface area contributed by atoms with Crippen molar-refractivity contribution in [2.45, 2.75) is 20.3 Å². The summed E-state index contributed by atoms with van der Waals surface area (Å²) in [5.74, 6) is -0.833. The van der Waals surface area contributed by atoms with Crippen molar-refractivity contribution < 1.29 is 9.90 Å². The summed E-state index contributed by atoms with van der Waals surface area (Å²) in [6, 6.07) is 9.66. The van der Waals surface area contributed by atoms with E-state index in [-0.39, 0.29) is 5.56 Å². The minimum Gasteiger partial charge on any atom is -0.481 e. The minimum absolute atomic E-state index is 0.165. The molecule has 6 nitrogen and oxygen atoms in total. The van der Waals surface area contributed by atoms with E-state index >= 15 is 0 Å². The van der Waals surface area contributed by atoms with Crippen molar-refractivity contribution in [1.82, 2.24) is 10.2 Å². The lowest BCUT2D eigenvalue weighted by atomic mass is 10.0. The number of carbonyl (C=O) groups is 1. The maximum Gasteiger partial charge on any atom is 0.300 e. The molecule has 21 heavy (non-hydrogen) atoms. The molecule has 0 fully saturated rings. The molecule has 0 saturated carbocycles. The third-order valence-electron chi connectivity index (χ3n) is 2.63. The molecule has 0 aliphatic heterocycles. The van der Waals surface area contributed by atoms with E-state index < -0.39 is 5.97 Å². The normalized spacial score (nSPS) is 9.67. The number of nitrogens with two attached hydrogens (primary N) is 1. The molecule has 0 unspecified atom stereocenters. The molecule has 112 valence electrons. The minimum atomic E-state index is -0.833. The van der Waals surface area contributed by atoms with E-state index in [9.17, 15) is 4.79 Å². The average molecular weight is 289 g/mol. The molecule has 4 N–H and O–H groups in total. The highest BCUT2D eigenvalue weighted by molar-refractivity contribution is 5.63. The Bertz CT molecular complexity index is 644. The topological polar surface area (TPSA) is 109 Å². The van der Waals surface area contributed by atoms with E-state index in [1.54, 1.807) is 6.07 Å². The van der Waals surface area contributed by atoms with Crippen LogP contribution in [0.5, 0.6) is 0 Å². The molecule has 2 aromatic rings. The number of nitrogens with zero attached hydrogens (tertiary/aromatic N) is 1. The number of carboxylic acids is 1. The second kappa shape index (κ2) is 7.96. The van der Waals surface area contributed by atoms with Crippen molar-refractivity contribution in [2.75, 3.05) is 6.54 Å². The number of rotatable bonds is 3. The fourth-order valence-electron chi connectivity index (χ4n) is 1.74. The number of aryl methyl sites for hydroxylation is 1. The van der Waals surface area contributed by atoms with Gasteiger partial charge in [-0.2, -0.15) is 5.10 Å². The number of hydrogen-bond acceptors (Lipinski definition) is 4. The van der Waals surface area contributed by atoms with Crippen molar-refractivity contribution >= 4 is 5.97 Å². The molecule has 0 aliphatic rings. The first-order valence-electron chi connectivity index (χ1n) is 6.49. The van der Waals surface area contributed by atoms with E-state index in [2.05, 4.69) is 10.2 Å². The summed E-state index contributed by atoms with van der Waals surface area (Å²) in [6.07, 6.45) is 0.853. The Morgan fingerprint density at radius 3 is 2.43 bits per heavy atom. The van der Waals surface area contributed by atoms with Gasteiger partial charge in [0.15, 0.2) is 0 Å². The van der Waals surface area contributed by atoms with E-state index in [1.165, 1.54) is 5.56 Å². The van der Waals surface area contributed by atoms with Gasteiger partial charge in [-0.25, -0.2) is 5.10 Å². The van der Waals surface area contributed by atoms with Gasteiger partial charge < -0.3 is 10.8 Å². The predicted molar refractivity (Wildman–Crippen MR) is 81.1 cm³/mol. The Balaban J connectivity index is 0.000000491. The SMILES string of the molecule is CC(=O)O.Cc1cc(-c2ccc(CCN)cc2)c(=O)[nH]n1. The number of nitrogens with one attached hydrogen (secondary N) is 1. The molecule has 0 radical (unpaired) electrons. The maximum atomic E-state index is 11.6. The number of benzene rings is 1. The number of aromatic amines is 1. The monoisotopic (exact) mass is 289 g/mol. The van der Waals surface area contributed by atoms with Gasteiger partial charge in [0.1, 0.15) is 0 Å². The van der Waals surface area contributed by atoms with Crippen LogP contribution in [0.3, 0.4) is 0 Å². The third-order valence-corrected chi connectivity index (χ3v) is 2.63. The summed E-state index contributed by atoms with van der Waals surface area (Å²) in [6.45, 7) is 3.57. The van der Waals surface area contributed by atoms with Gasteiger partial charge in [-0.1, -0.05) is 24.3 Å². The van der Waals surface area contributed by atoms with E-state index in [0.717, 1.165) is 24.6 Å². The van der Waals surface area contributed by atoms with Crippen LogP contribution in [-0.4, -0.2) is 27.8 Å². The fraction of sp³-hybridized carbons (Fsp3) is 0.267. The molecule has 0 amide bonds. The molecule has 0 spiro atoms. The van der Waals surface area contributed by atoms with Crippen molar-refractivity contribution in [1.29, 1.82) is 0 Å².